The third-order valence-electron chi connectivity index (χ3n) is 3.54. The van der Waals surface area contributed by atoms with Gasteiger partial charge in [-0.05, 0) is 49.1 Å². The molecule has 1 nitrogen and oxygen atoms in total. The number of hydrogen-bond donors (Lipinski definition) is 1. The molecule has 1 heterocycles. The Kier molecular flexibility index (Phi) is 4.81. The van der Waals surface area contributed by atoms with Gasteiger partial charge < -0.3 is 5.32 Å². The van der Waals surface area contributed by atoms with E-state index in [0.717, 1.165) is 24.8 Å². The number of thiophene rings is 1. The van der Waals surface area contributed by atoms with E-state index in [1.165, 1.54) is 33.1 Å². The highest BCUT2D eigenvalue weighted by Gasteiger charge is 2.19. The van der Waals surface area contributed by atoms with Crippen molar-refractivity contribution in [3.05, 3.63) is 51.7 Å². The molecular weight excluding hydrogens is 282 g/mol. The lowest BCUT2D eigenvalue weighted by Crippen LogP contribution is -2.14. The van der Waals surface area contributed by atoms with Gasteiger partial charge in [0.1, 0.15) is 0 Å². The Morgan fingerprint density at radius 3 is 2.50 bits per heavy atom. The predicted octanol–water partition coefficient (Wildman–Crippen LogP) is 4.85. The second-order valence-electron chi connectivity index (χ2n) is 5.31. The van der Waals surface area contributed by atoms with E-state index < -0.39 is 0 Å². The molecule has 0 amide bonds. The van der Waals surface area contributed by atoms with Crippen molar-refractivity contribution >= 4 is 23.1 Å². The number of nitrogens with one attached hydrogen (secondary N) is 1. The van der Waals surface area contributed by atoms with E-state index in [0.29, 0.717) is 0 Å². The molecule has 0 spiro atoms. The first-order valence-corrected chi connectivity index (χ1v) is 9.16. The van der Waals surface area contributed by atoms with Crippen LogP contribution in [-0.4, -0.2) is 6.04 Å². The molecule has 1 saturated carbocycles. The summed E-state index contributed by atoms with van der Waals surface area (Å²) in [7, 11) is 0. The van der Waals surface area contributed by atoms with E-state index >= 15 is 0 Å². The molecule has 1 aliphatic carbocycles. The lowest BCUT2D eigenvalue weighted by Gasteiger charge is -2.05. The van der Waals surface area contributed by atoms with Crippen LogP contribution in [0.15, 0.2) is 41.3 Å². The van der Waals surface area contributed by atoms with Gasteiger partial charge in [0, 0.05) is 33.0 Å². The van der Waals surface area contributed by atoms with Crippen LogP contribution in [0.5, 0.6) is 0 Å². The minimum atomic E-state index is 0.788. The number of hydrogen-bond acceptors (Lipinski definition) is 3. The Balaban J connectivity index is 1.49. The van der Waals surface area contributed by atoms with Gasteiger partial charge in [0.2, 0.25) is 0 Å². The van der Waals surface area contributed by atoms with Crippen molar-refractivity contribution in [2.24, 2.45) is 0 Å². The van der Waals surface area contributed by atoms with E-state index in [1.807, 2.05) is 23.1 Å². The van der Waals surface area contributed by atoms with Crippen molar-refractivity contribution in [3.8, 4) is 0 Å². The SMILES string of the molecule is CCc1ccc(CSc2ccc(CNC3CC3)cc2)s1. The standard InChI is InChI=1S/C17H21NS2/c1-2-15-9-10-17(20-15)12-19-16-7-3-13(4-8-16)11-18-14-5-6-14/h3-4,7-10,14,18H,2,5-6,11-12H2,1H3. The molecule has 0 radical (unpaired) electrons. The number of aryl methyl sites for hydroxylation is 1. The molecule has 1 aliphatic rings. The summed E-state index contributed by atoms with van der Waals surface area (Å²) < 4.78 is 0. The Morgan fingerprint density at radius 1 is 1.10 bits per heavy atom. The molecule has 2 aromatic rings. The summed E-state index contributed by atoms with van der Waals surface area (Å²) in [4.78, 5) is 4.33. The summed E-state index contributed by atoms with van der Waals surface area (Å²) in [6.45, 7) is 3.23. The van der Waals surface area contributed by atoms with Gasteiger partial charge in [0.05, 0.1) is 0 Å². The minimum Gasteiger partial charge on any atom is -0.310 e. The molecule has 0 bridgehead atoms. The molecule has 1 aromatic carbocycles. The third-order valence-corrected chi connectivity index (χ3v) is 6.02. The zero-order valence-electron chi connectivity index (χ0n) is 11.9. The van der Waals surface area contributed by atoms with E-state index in [2.05, 4.69) is 48.6 Å². The molecular formula is C17H21NS2. The van der Waals surface area contributed by atoms with Gasteiger partial charge in [0.15, 0.2) is 0 Å². The first-order chi connectivity index (χ1) is 9.83. The molecule has 3 heteroatoms. The smallest absolute Gasteiger partial charge is 0.0326 e. The molecule has 0 atom stereocenters. The van der Waals surface area contributed by atoms with Crippen LogP contribution in [-0.2, 0) is 18.7 Å². The maximum atomic E-state index is 3.55. The first-order valence-electron chi connectivity index (χ1n) is 7.36. The maximum Gasteiger partial charge on any atom is 0.0326 e. The van der Waals surface area contributed by atoms with Crippen molar-refractivity contribution < 1.29 is 0 Å². The van der Waals surface area contributed by atoms with Gasteiger partial charge in [-0.15, -0.1) is 23.1 Å². The molecule has 1 aromatic heterocycles. The Bertz CT molecular complexity index is 540. The van der Waals surface area contributed by atoms with E-state index in [1.54, 1.807) is 0 Å². The van der Waals surface area contributed by atoms with Gasteiger partial charge in [-0.1, -0.05) is 19.1 Å². The van der Waals surface area contributed by atoms with Crippen LogP contribution in [0.25, 0.3) is 0 Å². The average molecular weight is 303 g/mol. The van der Waals surface area contributed by atoms with E-state index in [-0.39, 0.29) is 0 Å². The topological polar surface area (TPSA) is 12.0 Å². The van der Waals surface area contributed by atoms with Crippen molar-refractivity contribution in [1.29, 1.82) is 0 Å². The van der Waals surface area contributed by atoms with Gasteiger partial charge >= 0.3 is 0 Å². The zero-order chi connectivity index (χ0) is 13.8. The highest BCUT2D eigenvalue weighted by atomic mass is 32.2. The summed E-state index contributed by atoms with van der Waals surface area (Å²) >= 11 is 3.88. The molecule has 1 fully saturated rings. The van der Waals surface area contributed by atoms with Crippen LogP contribution in [0.4, 0.5) is 0 Å². The van der Waals surface area contributed by atoms with Gasteiger partial charge in [-0.25, -0.2) is 0 Å². The third kappa shape index (κ3) is 4.11. The van der Waals surface area contributed by atoms with Gasteiger partial charge in [-0.3, -0.25) is 0 Å². The van der Waals surface area contributed by atoms with Crippen LogP contribution in [0.1, 0.15) is 35.1 Å². The summed E-state index contributed by atoms with van der Waals surface area (Å²) in [6.07, 6.45) is 3.86. The highest BCUT2D eigenvalue weighted by Crippen LogP contribution is 2.27. The fraction of sp³-hybridized carbons (Fsp3) is 0.412. The Hall–Kier alpha value is -0.770. The fourth-order valence-corrected chi connectivity index (χ4v) is 4.00. The molecule has 0 aliphatic heterocycles. The monoisotopic (exact) mass is 303 g/mol. The molecule has 1 N–H and O–H groups in total. The van der Waals surface area contributed by atoms with Crippen LogP contribution in [0.3, 0.4) is 0 Å². The van der Waals surface area contributed by atoms with Crippen molar-refractivity contribution in [3.63, 3.8) is 0 Å². The summed E-state index contributed by atoms with van der Waals surface area (Å²) in [5.41, 5.74) is 1.39. The largest absolute Gasteiger partial charge is 0.310 e. The van der Waals surface area contributed by atoms with Crippen LogP contribution in [0.2, 0.25) is 0 Å². The van der Waals surface area contributed by atoms with Gasteiger partial charge in [-0.2, -0.15) is 0 Å². The zero-order valence-corrected chi connectivity index (χ0v) is 13.5. The quantitative estimate of drug-likeness (QED) is 0.733. The fourth-order valence-electron chi connectivity index (χ4n) is 2.10. The summed E-state index contributed by atoms with van der Waals surface area (Å²) in [5.74, 6) is 1.09. The van der Waals surface area contributed by atoms with Gasteiger partial charge in [0.25, 0.3) is 0 Å². The summed E-state index contributed by atoms with van der Waals surface area (Å²) in [6, 6.07) is 14.3. The van der Waals surface area contributed by atoms with Crippen molar-refractivity contribution in [2.45, 2.75) is 49.4 Å². The molecule has 3 rings (SSSR count). The van der Waals surface area contributed by atoms with Crippen molar-refractivity contribution in [2.75, 3.05) is 0 Å². The second-order valence-corrected chi connectivity index (χ2v) is 7.61. The molecule has 0 unspecified atom stereocenters. The van der Waals surface area contributed by atoms with Crippen LogP contribution in [0, 0.1) is 0 Å². The maximum absolute atomic E-state index is 3.55. The Morgan fingerprint density at radius 2 is 1.85 bits per heavy atom. The number of thioether (sulfide) groups is 1. The number of benzene rings is 1. The predicted molar refractivity (Wildman–Crippen MR) is 89.6 cm³/mol. The van der Waals surface area contributed by atoms with E-state index in [9.17, 15) is 0 Å². The van der Waals surface area contributed by atoms with E-state index in [4.69, 9.17) is 0 Å². The normalized spacial score (nSPS) is 14.7. The lowest BCUT2D eigenvalue weighted by molar-refractivity contribution is 0.687. The number of rotatable bonds is 7. The van der Waals surface area contributed by atoms with Crippen molar-refractivity contribution in [1.82, 2.24) is 5.32 Å². The lowest BCUT2D eigenvalue weighted by atomic mass is 10.2. The Labute approximate surface area is 129 Å². The molecule has 106 valence electrons. The van der Waals surface area contributed by atoms with Crippen LogP contribution < -0.4 is 5.32 Å². The minimum absolute atomic E-state index is 0.788. The second kappa shape index (κ2) is 6.79. The highest BCUT2D eigenvalue weighted by molar-refractivity contribution is 7.98. The molecule has 20 heavy (non-hydrogen) atoms. The molecule has 0 saturated heterocycles. The van der Waals surface area contributed by atoms with Crippen LogP contribution >= 0.6 is 23.1 Å². The first kappa shape index (κ1) is 14.2. The summed E-state index contributed by atoms with van der Waals surface area (Å²) in [5, 5.41) is 3.55. The average Bonchev–Trinajstić information content (AvgIpc) is 3.21.